The second kappa shape index (κ2) is 5.03. The van der Waals surface area contributed by atoms with Gasteiger partial charge in [-0.1, -0.05) is 11.6 Å². The van der Waals surface area contributed by atoms with E-state index in [0.29, 0.717) is 0 Å². The summed E-state index contributed by atoms with van der Waals surface area (Å²) in [6, 6.07) is 3.93. The summed E-state index contributed by atoms with van der Waals surface area (Å²) >= 11 is 11.0. The first-order valence-electron chi connectivity index (χ1n) is 3.91. The van der Waals surface area contributed by atoms with Crippen molar-refractivity contribution in [3.8, 4) is 5.75 Å². The monoisotopic (exact) mass is 270 g/mol. The molecule has 0 aliphatic heterocycles. The molecule has 0 saturated heterocycles. The molecule has 0 atom stereocenters. The fraction of sp³-hybridized carbons (Fsp3) is 0.250. The summed E-state index contributed by atoms with van der Waals surface area (Å²) in [6.45, 7) is 0.145. The molecule has 0 heterocycles. The Bertz CT molecular complexity index is 444. The standard InChI is InChI=1S/C8H8Cl2O4S/c9-3-4-14-7-2-1-6(10)5-8(7)15(11,12)13/h1-2,5H,3-4H2,(H,11,12,13). The SMILES string of the molecule is O=S(=O)(O)c1cc(Cl)ccc1OCCCl. The van der Waals surface area contributed by atoms with Gasteiger partial charge in [-0.25, -0.2) is 0 Å². The Balaban J connectivity index is 3.15. The maximum Gasteiger partial charge on any atom is 0.298 e. The van der Waals surface area contributed by atoms with Gasteiger partial charge in [0, 0.05) is 5.02 Å². The molecule has 1 rings (SSSR count). The third-order valence-electron chi connectivity index (χ3n) is 1.52. The van der Waals surface area contributed by atoms with E-state index in [1.165, 1.54) is 12.1 Å². The van der Waals surface area contributed by atoms with Gasteiger partial charge in [-0.2, -0.15) is 8.42 Å². The third kappa shape index (κ3) is 3.53. The quantitative estimate of drug-likeness (QED) is 0.673. The van der Waals surface area contributed by atoms with Crippen LogP contribution in [0.1, 0.15) is 0 Å². The van der Waals surface area contributed by atoms with Crippen LogP contribution in [0, 0.1) is 0 Å². The van der Waals surface area contributed by atoms with Crippen LogP contribution in [0.4, 0.5) is 0 Å². The molecule has 0 aromatic heterocycles. The van der Waals surface area contributed by atoms with Crippen LogP contribution in [0.25, 0.3) is 0 Å². The molecule has 0 aliphatic rings. The van der Waals surface area contributed by atoms with E-state index in [-0.39, 0.29) is 28.2 Å². The number of hydrogen-bond acceptors (Lipinski definition) is 3. The summed E-state index contributed by atoms with van der Waals surface area (Å²) in [6.07, 6.45) is 0. The third-order valence-corrected chi connectivity index (χ3v) is 2.78. The Labute approximate surface area is 97.5 Å². The summed E-state index contributed by atoms with van der Waals surface area (Å²) < 4.78 is 35.8. The summed E-state index contributed by atoms with van der Waals surface area (Å²) in [7, 11) is -4.34. The molecule has 15 heavy (non-hydrogen) atoms. The zero-order valence-corrected chi connectivity index (χ0v) is 9.81. The highest BCUT2D eigenvalue weighted by molar-refractivity contribution is 7.86. The molecule has 84 valence electrons. The number of alkyl halides is 1. The number of hydrogen-bond donors (Lipinski definition) is 1. The lowest BCUT2D eigenvalue weighted by Crippen LogP contribution is -2.05. The molecule has 0 radical (unpaired) electrons. The zero-order valence-electron chi connectivity index (χ0n) is 7.48. The van der Waals surface area contributed by atoms with Crippen LogP contribution in [-0.2, 0) is 10.1 Å². The molecule has 0 aliphatic carbocycles. The van der Waals surface area contributed by atoms with Gasteiger partial charge in [0.2, 0.25) is 0 Å². The first kappa shape index (κ1) is 12.6. The minimum Gasteiger partial charge on any atom is -0.491 e. The van der Waals surface area contributed by atoms with Crippen LogP contribution in [0.2, 0.25) is 5.02 Å². The number of rotatable bonds is 4. The smallest absolute Gasteiger partial charge is 0.298 e. The van der Waals surface area contributed by atoms with Gasteiger partial charge in [-0.3, -0.25) is 4.55 Å². The normalized spacial score (nSPS) is 11.4. The molecule has 4 nitrogen and oxygen atoms in total. The summed E-state index contributed by atoms with van der Waals surface area (Å²) in [5.74, 6) is 0.246. The molecule has 1 aromatic rings. The number of benzene rings is 1. The van der Waals surface area contributed by atoms with Crippen molar-refractivity contribution in [2.75, 3.05) is 12.5 Å². The van der Waals surface area contributed by atoms with E-state index in [9.17, 15) is 8.42 Å². The van der Waals surface area contributed by atoms with Crippen molar-refractivity contribution in [1.29, 1.82) is 0 Å². The lowest BCUT2D eigenvalue weighted by atomic mass is 10.3. The molecular weight excluding hydrogens is 263 g/mol. The van der Waals surface area contributed by atoms with E-state index < -0.39 is 10.1 Å². The van der Waals surface area contributed by atoms with Gasteiger partial charge in [-0.15, -0.1) is 11.6 Å². The van der Waals surface area contributed by atoms with Gasteiger partial charge >= 0.3 is 0 Å². The molecule has 7 heteroatoms. The number of halogens is 2. The summed E-state index contributed by atoms with van der Waals surface area (Å²) in [5.41, 5.74) is 0. The average molecular weight is 271 g/mol. The van der Waals surface area contributed by atoms with Crippen LogP contribution in [0.3, 0.4) is 0 Å². The van der Waals surface area contributed by atoms with Crippen molar-refractivity contribution in [3.05, 3.63) is 23.2 Å². The average Bonchev–Trinajstić information content (AvgIpc) is 2.14. The molecular formula is C8H8Cl2O4S. The highest BCUT2D eigenvalue weighted by Gasteiger charge is 2.17. The fourth-order valence-corrected chi connectivity index (χ4v) is 1.92. The van der Waals surface area contributed by atoms with Crippen molar-refractivity contribution < 1.29 is 17.7 Å². The molecule has 0 saturated carbocycles. The second-order valence-corrected chi connectivity index (χ2v) is 4.81. The topological polar surface area (TPSA) is 63.6 Å². The Kier molecular flexibility index (Phi) is 4.21. The predicted octanol–water partition coefficient (Wildman–Crippen LogP) is 2.20. The van der Waals surface area contributed by atoms with Gasteiger partial charge in [0.1, 0.15) is 17.3 Å². The van der Waals surface area contributed by atoms with Crippen LogP contribution in [0.5, 0.6) is 5.75 Å². The van der Waals surface area contributed by atoms with E-state index in [4.69, 9.17) is 32.5 Å². The van der Waals surface area contributed by atoms with Crippen molar-refractivity contribution in [2.24, 2.45) is 0 Å². The minimum atomic E-state index is -4.34. The first-order valence-corrected chi connectivity index (χ1v) is 6.26. The van der Waals surface area contributed by atoms with Gasteiger partial charge in [0.25, 0.3) is 10.1 Å². The van der Waals surface area contributed by atoms with Crippen LogP contribution in [0.15, 0.2) is 23.1 Å². The van der Waals surface area contributed by atoms with E-state index in [1.807, 2.05) is 0 Å². The maximum absolute atomic E-state index is 11.0. The Morgan fingerprint density at radius 1 is 1.40 bits per heavy atom. The minimum absolute atomic E-state index is 0.0301. The van der Waals surface area contributed by atoms with Crippen molar-refractivity contribution in [3.63, 3.8) is 0 Å². The Hall–Kier alpha value is -0.490. The lowest BCUT2D eigenvalue weighted by Gasteiger charge is -2.08. The van der Waals surface area contributed by atoms with Gasteiger partial charge < -0.3 is 4.74 Å². The molecule has 0 spiro atoms. The summed E-state index contributed by atoms with van der Waals surface area (Å²) in [4.78, 5) is -0.361. The van der Waals surface area contributed by atoms with Crippen LogP contribution in [-0.4, -0.2) is 25.5 Å². The van der Waals surface area contributed by atoms with E-state index >= 15 is 0 Å². The highest BCUT2D eigenvalue weighted by atomic mass is 35.5. The Morgan fingerprint density at radius 3 is 2.60 bits per heavy atom. The van der Waals surface area contributed by atoms with Crippen LogP contribution < -0.4 is 4.74 Å². The fourth-order valence-electron chi connectivity index (χ4n) is 0.951. The van der Waals surface area contributed by atoms with Crippen molar-refractivity contribution in [1.82, 2.24) is 0 Å². The van der Waals surface area contributed by atoms with Gasteiger partial charge in [0.15, 0.2) is 0 Å². The maximum atomic E-state index is 11.0. The molecule has 0 fully saturated rings. The molecule has 1 N–H and O–H groups in total. The van der Waals surface area contributed by atoms with E-state index in [2.05, 4.69) is 0 Å². The van der Waals surface area contributed by atoms with Crippen molar-refractivity contribution >= 4 is 33.3 Å². The van der Waals surface area contributed by atoms with E-state index in [0.717, 1.165) is 6.07 Å². The second-order valence-electron chi connectivity index (χ2n) is 2.60. The van der Waals surface area contributed by atoms with Gasteiger partial charge in [0.05, 0.1) is 5.88 Å². The molecule has 0 bridgehead atoms. The number of ether oxygens (including phenoxy) is 1. The molecule has 1 aromatic carbocycles. The highest BCUT2D eigenvalue weighted by Crippen LogP contribution is 2.26. The zero-order chi connectivity index (χ0) is 11.5. The molecule has 0 amide bonds. The first-order chi connectivity index (χ1) is 6.95. The predicted molar refractivity (Wildman–Crippen MR) is 57.5 cm³/mol. The lowest BCUT2D eigenvalue weighted by molar-refractivity contribution is 0.331. The van der Waals surface area contributed by atoms with Crippen molar-refractivity contribution in [2.45, 2.75) is 4.90 Å². The van der Waals surface area contributed by atoms with Gasteiger partial charge in [-0.05, 0) is 18.2 Å². The van der Waals surface area contributed by atoms with Crippen LogP contribution >= 0.6 is 23.2 Å². The molecule has 0 unspecified atom stereocenters. The Morgan fingerprint density at radius 2 is 2.07 bits per heavy atom. The largest absolute Gasteiger partial charge is 0.491 e. The summed E-state index contributed by atoms with van der Waals surface area (Å²) in [5, 5.41) is 0.195. The van der Waals surface area contributed by atoms with E-state index in [1.54, 1.807) is 0 Å².